The van der Waals surface area contributed by atoms with E-state index in [0.717, 1.165) is 4.90 Å². The maximum absolute atomic E-state index is 11.3. The van der Waals surface area contributed by atoms with E-state index in [0.29, 0.717) is 11.4 Å². The van der Waals surface area contributed by atoms with E-state index in [2.05, 4.69) is 4.98 Å². The maximum atomic E-state index is 11.3. The lowest BCUT2D eigenvalue weighted by Gasteiger charge is -2.18. The minimum Gasteiger partial charge on any atom is -0.465 e. The Morgan fingerprint density at radius 1 is 1.25 bits per heavy atom. The third-order valence-electron chi connectivity index (χ3n) is 2.65. The summed E-state index contributed by atoms with van der Waals surface area (Å²) >= 11 is 0. The molecule has 0 unspecified atom stereocenters. The topological polar surface area (TPSA) is 96.6 Å². The zero-order valence-electron chi connectivity index (χ0n) is 10.3. The van der Waals surface area contributed by atoms with E-state index in [9.17, 15) is 20.0 Å². The van der Waals surface area contributed by atoms with Gasteiger partial charge in [-0.2, -0.15) is 0 Å². The third kappa shape index (κ3) is 3.08. The maximum Gasteiger partial charge on any atom is 0.412 e. The summed E-state index contributed by atoms with van der Waals surface area (Å²) in [5, 5.41) is 19.8. The fourth-order valence-corrected chi connectivity index (χ4v) is 1.68. The summed E-state index contributed by atoms with van der Waals surface area (Å²) in [4.78, 5) is 26.5. The molecule has 0 saturated carbocycles. The molecule has 102 valence electrons. The standard InChI is InChI=1S/C13H11N3O4/c17-13(18)15(9-10-3-1-2-8-14-10)11-4-6-12(7-5-11)16(19)20/h1-8H,9H2,(H,17,18). The van der Waals surface area contributed by atoms with Crippen molar-refractivity contribution in [2.45, 2.75) is 6.54 Å². The van der Waals surface area contributed by atoms with Gasteiger partial charge in [0, 0.05) is 24.0 Å². The number of pyridine rings is 1. The number of nitro benzene ring substituents is 1. The van der Waals surface area contributed by atoms with Gasteiger partial charge in [0.15, 0.2) is 0 Å². The molecule has 7 heteroatoms. The Kier molecular flexibility index (Phi) is 3.90. The molecule has 0 bridgehead atoms. The number of carbonyl (C=O) groups is 1. The van der Waals surface area contributed by atoms with E-state index in [-0.39, 0.29) is 12.2 Å². The summed E-state index contributed by atoms with van der Waals surface area (Å²) in [6, 6.07) is 10.5. The van der Waals surface area contributed by atoms with Gasteiger partial charge >= 0.3 is 6.09 Å². The fourth-order valence-electron chi connectivity index (χ4n) is 1.68. The number of non-ortho nitro benzene ring substituents is 1. The van der Waals surface area contributed by atoms with Gasteiger partial charge in [-0.1, -0.05) is 6.07 Å². The van der Waals surface area contributed by atoms with Gasteiger partial charge < -0.3 is 5.11 Å². The molecule has 0 aliphatic rings. The van der Waals surface area contributed by atoms with Crippen molar-refractivity contribution in [3.05, 3.63) is 64.5 Å². The third-order valence-corrected chi connectivity index (χ3v) is 2.65. The molecule has 0 aliphatic carbocycles. The van der Waals surface area contributed by atoms with Crippen LogP contribution in [0.15, 0.2) is 48.7 Å². The molecule has 0 spiro atoms. The first-order valence-corrected chi connectivity index (χ1v) is 5.73. The fraction of sp³-hybridized carbons (Fsp3) is 0.0769. The van der Waals surface area contributed by atoms with Crippen LogP contribution in [-0.2, 0) is 6.54 Å². The average Bonchev–Trinajstić information content (AvgIpc) is 2.45. The van der Waals surface area contributed by atoms with Gasteiger partial charge in [-0.25, -0.2) is 4.79 Å². The van der Waals surface area contributed by atoms with Crippen LogP contribution in [0.4, 0.5) is 16.2 Å². The molecule has 0 atom stereocenters. The molecule has 0 radical (unpaired) electrons. The van der Waals surface area contributed by atoms with Crippen LogP contribution in [0.2, 0.25) is 0 Å². The van der Waals surface area contributed by atoms with Gasteiger partial charge in [0.2, 0.25) is 0 Å². The van der Waals surface area contributed by atoms with Crippen LogP contribution in [-0.4, -0.2) is 21.1 Å². The Balaban J connectivity index is 2.25. The predicted octanol–water partition coefficient (Wildman–Crippen LogP) is 2.67. The van der Waals surface area contributed by atoms with E-state index in [4.69, 9.17) is 0 Å². The number of amides is 1. The summed E-state index contributed by atoms with van der Waals surface area (Å²) in [7, 11) is 0. The molecule has 0 aliphatic heterocycles. The monoisotopic (exact) mass is 273 g/mol. The van der Waals surface area contributed by atoms with Gasteiger partial charge in [0.05, 0.1) is 17.2 Å². The minimum atomic E-state index is -1.15. The summed E-state index contributed by atoms with van der Waals surface area (Å²) in [6.07, 6.45) is 0.426. The molecule has 1 heterocycles. The van der Waals surface area contributed by atoms with Crippen molar-refractivity contribution in [1.29, 1.82) is 0 Å². The number of hydrogen-bond acceptors (Lipinski definition) is 4. The number of hydrogen-bond donors (Lipinski definition) is 1. The lowest BCUT2D eigenvalue weighted by Crippen LogP contribution is -2.28. The average molecular weight is 273 g/mol. The van der Waals surface area contributed by atoms with Crippen LogP contribution in [0.1, 0.15) is 5.69 Å². The van der Waals surface area contributed by atoms with Crippen molar-refractivity contribution in [3.63, 3.8) is 0 Å². The summed E-state index contributed by atoms with van der Waals surface area (Å²) in [5.74, 6) is 0. The smallest absolute Gasteiger partial charge is 0.412 e. The second-order valence-electron chi connectivity index (χ2n) is 3.96. The molecular weight excluding hydrogens is 262 g/mol. The van der Waals surface area contributed by atoms with Crippen LogP contribution >= 0.6 is 0 Å². The normalized spacial score (nSPS) is 10.0. The zero-order valence-corrected chi connectivity index (χ0v) is 10.3. The molecule has 0 saturated heterocycles. The highest BCUT2D eigenvalue weighted by Gasteiger charge is 2.16. The Hall–Kier alpha value is -2.96. The summed E-state index contributed by atoms with van der Waals surface area (Å²) in [6.45, 7) is 0.0774. The van der Waals surface area contributed by atoms with E-state index in [1.165, 1.54) is 24.3 Å². The molecule has 1 aromatic carbocycles. The predicted molar refractivity (Wildman–Crippen MR) is 71.5 cm³/mol. The van der Waals surface area contributed by atoms with Crippen LogP contribution in [0.5, 0.6) is 0 Å². The van der Waals surface area contributed by atoms with E-state index in [1.807, 2.05) is 0 Å². The Morgan fingerprint density at radius 2 is 1.95 bits per heavy atom. The SMILES string of the molecule is O=C(O)N(Cc1ccccn1)c1ccc([N+](=O)[O-])cc1. The van der Waals surface area contributed by atoms with E-state index in [1.54, 1.807) is 24.4 Å². The van der Waals surface area contributed by atoms with Crippen LogP contribution in [0.3, 0.4) is 0 Å². The number of benzene rings is 1. The highest BCUT2D eigenvalue weighted by molar-refractivity contribution is 5.86. The quantitative estimate of drug-likeness (QED) is 0.682. The number of aromatic nitrogens is 1. The Bertz CT molecular complexity index is 613. The van der Waals surface area contributed by atoms with E-state index < -0.39 is 11.0 Å². The van der Waals surface area contributed by atoms with Gasteiger partial charge in [-0.15, -0.1) is 0 Å². The van der Waals surface area contributed by atoms with Gasteiger partial charge in [-0.05, 0) is 24.3 Å². The van der Waals surface area contributed by atoms with Crippen LogP contribution in [0.25, 0.3) is 0 Å². The molecule has 1 aromatic heterocycles. The Labute approximate surface area is 114 Å². The van der Waals surface area contributed by atoms with Gasteiger partial charge in [-0.3, -0.25) is 20.0 Å². The molecule has 0 fully saturated rings. The lowest BCUT2D eigenvalue weighted by molar-refractivity contribution is -0.384. The molecule has 7 nitrogen and oxygen atoms in total. The van der Waals surface area contributed by atoms with Gasteiger partial charge in [0.1, 0.15) is 0 Å². The molecule has 2 aromatic rings. The van der Waals surface area contributed by atoms with Crippen molar-refractivity contribution in [2.24, 2.45) is 0 Å². The van der Waals surface area contributed by atoms with Crippen molar-refractivity contribution in [1.82, 2.24) is 4.98 Å². The van der Waals surface area contributed by atoms with Crippen LogP contribution in [0, 0.1) is 10.1 Å². The number of carboxylic acid groups (broad SMARTS) is 1. The largest absolute Gasteiger partial charge is 0.465 e. The molecule has 2 rings (SSSR count). The molecule has 20 heavy (non-hydrogen) atoms. The second-order valence-corrected chi connectivity index (χ2v) is 3.96. The first kappa shape index (κ1) is 13.5. The molecule has 1 amide bonds. The first-order chi connectivity index (χ1) is 9.58. The summed E-state index contributed by atoms with van der Waals surface area (Å²) < 4.78 is 0. The highest BCUT2D eigenvalue weighted by Crippen LogP contribution is 2.21. The second kappa shape index (κ2) is 5.79. The number of rotatable bonds is 4. The molecule has 1 N–H and O–H groups in total. The van der Waals surface area contributed by atoms with Crippen molar-refractivity contribution in [3.8, 4) is 0 Å². The molecular formula is C13H11N3O4. The van der Waals surface area contributed by atoms with Gasteiger partial charge in [0.25, 0.3) is 5.69 Å². The Morgan fingerprint density at radius 3 is 2.45 bits per heavy atom. The van der Waals surface area contributed by atoms with Crippen LogP contribution < -0.4 is 4.90 Å². The lowest BCUT2D eigenvalue weighted by atomic mass is 10.2. The number of anilines is 1. The first-order valence-electron chi connectivity index (χ1n) is 5.73. The number of nitro groups is 1. The minimum absolute atomic E-state index is 0.0774. The highest BCUT2D eigenvalue weighted by atomic mass is 16.6. The van der Waals surface area contributed by atoms with Crippen molar-refractivity contribution < 1.29 is 14.8 Å². The number of nitrogens with zero attached hydrogens (tertiary/aromatic N) is 3. The van der Waals surface area contributed by atoms with E-state index >= 15 is 0 Å². The summed E-state index contributed by atoms with van der Waals surface area (Å²) in [5.41, 5.74) is 0.860. The zero-order chi connectivity index (χ0) is 14.5. The van der Waals surface area contributed by atoms with Crippen molar-refractivity contribution >= 4 is 17.5 Å². The van der Waals surface area contributed by atoms with Crippen molar-refractivity contribution in [2.75, 3.05) is 4.90 Å².